The summed E-state index contributed by atoms with van der Waals surface area (Å²) in [7, 11) is 0. The van der Waals surface area contributed by atoms with E-state index >= 15 is 0 Å². The van der Waals surface area contributed by atoms with Crippen LogP contribution in [0.2, 0.25) is 0 Å². The lowest BCUT2D eigenvalue weighted by Gasteiger charge is -2.04. The van der Waals surface area contributed by atoms with E-state index in [9.17, 15) is 9.59 Å². The molecule has 2 aromatic heterocycles. The largest absolute Gasteiger partial charge is 0.311 e. The third-order valence-electron chi connectivity index (χ3n) is 3.21. The monoisotopic (exact) mass is 282 g/mol. The Morgan fingerprint density at radius 1 is 1.14 bits per heavy atom. The first-order valence-electron chi connectivity index (χ1n) is 6.62. The Balaban J connectivity index is 1.63. The molecule has 0 saturated carbocycles. The van der Waals surface area contributed by atoms with Crippen LogP contribution in [0.1, 0.15) is 17.6 Å². The zero-order chi connectivity index (χ0) is 14.7. The van der Waals surface area contributed by atoms with Gasteiger partial charge in [0.1, 0.15) is 5.82 Å². The Labute approximate surface area is 120 Å². The first-order chi connectivity index (χ1) is 10.2. The van der Waals surface area contributed by atoms with Crippen molar-refractivity contribution in [3.05, 3.63) is 48.8 Å². The highest BCUT2D eigenvalue weighted by Gasteiger charge is 2.11. The topological polar surface area (TPSA) is 79.8 Å². The van der Waals surface area contributed by atoms with Crippen molar-refractivity contribution in [3.8, 4) is 0 Å². The molecule has 21 heavy (non-hydrogen) atoms. The molecule has 6 heteroatoms. The lowest BCUT2D eigenvalue weighted by Crippen LogP contribution is -2.16. The minimum absolute atomic E-state index is 0.101. The van der Waals surface area contributed by atoms with Crippen LogP contribution in [0.25, 0.3) is 10.9 Å². The predicted molar refractivity (Wildman–Crippen MR) is 79.0 cm³/mol. The summed E-state index contributed by atoms with van der Waals surface area (Å²) in [5, 5.41) is 10.0. The molecule has 0 atom stereocenters. The molecule has 1 aromatic carbocycles. The van der Waals surface area contributed by atoms with Crippen LogP contribution in [0.5, 0.6) is 0 Å². The summed E-state index contributed by atoms with van der Waals surface area (Å²) >= 11 is 0. The quantitative estimate of drug-likeness (QED) is 0.771. The zero-order valence-electron chi connectivity index (χ0n) is 11.2. The van der Waals surface area contributed by atoms with E-state index < -0.39 is 0 Å². The van der Waals surface area contributed by atoms with Crippen LogP contribution < -0.4 is 5.32 Å². The molecule has 0 aliphatic heterocycles. The number of carbonyl (C=O) groups excluding carboxylic acids is 2. The molecule has 0 unspecified atom stereocenters. The van der Waals surface area contributed by atoms with Crippen LogP contribution >= 0.6 is 0 Å². The van der Waals surface area contributed by atoms with Gasteiger partial charge < -0.3 is 5.32 Å². The van der Waals surface area contributed by atoms with Crippen molar-refractivity contribution < 1.29 is 9.59 Å². The van der Waals surface area contributed by atoms with Crippen LogP contribution in [-0.4, -0.2) is 26.6 Å². The molecule has 106 valence electrons. The molecule has 2 N–H and O–H groups in total. The number of aromatic nitrogens is 3. The van der Waals surface area contributed by atoms with Crippen molar-refractivity contribution in [3.63, 3.8) is 0 Å². The normalized spacial score (nSPS) is 10.7. The number of para-hydroxylation sites is 1. The number of aromatic amines is 1. The van der Waals surface area contributed by atoms with E-state index in [0.29, 0.717) is 5.82 Å². The Kier molecular flexibility index (Phi) is 3.51. The van der Waals surface area contributed by atoms with E-state index in [4.69, 9.17) is 0 Å². The maximum absolute atomic E-state index is 12.2. The van der Waals surface area contributed by atoms with Crippen molar-refractivity contribution in [2.24, 2.45) is 0 Å². The number of benzene rings is 1. The van der Waals surface area contributed by atoms with Crippen LogP contribution in [0.15, 0.2) is 48.8 Å². The molecule has 3 aromatic rings. The number of hydrogen-bond acceptors (Lipinski definition) is 3. The number of amides is 1. The molecule has 0 spiro atoms. The molecular formula is C15H14N4O2. The average Bonchev–Trinajstić information content (AvgIpc) is 3.13. The molecular weight excluding hydrogens is 268 g/mol. The van der Waals surface area contributed by atoms with Gasteiger partial charge in [0.05, 0.1) is 11.7 Å². The van der Waals surface area contributed by atoms with Crippen molar-refractivity contribution >= 4 is 28.5 Å². The minimum atomic E-state index is -0.218. The van der Waals surface area contributed by atoms with Crippen LogP contribution in [0.4, 0.5) is 5.82 Å². The second-order valence-electron chi connectivity index (χ2n) is 4.66. The van der Waals surface area contributed by atoms with Gasteiger partial charge >= 0.3 is 0 Å². The standard InChI is InChI=1S/C15H14N4O2/c20-14(17-13-7-9-16-18-13)5-6-15(21)19-10-8-11-3-1-2-4-12(11)19/h1-4,7-10H,5-6H2,(H2,16,17,18,20). The molecule has 2 heterocycles. The fraction of sp³-hybridized carbons (Fsp3) is 0.133. The van der Waals surface area contributed by atoms with E-state index in [1.54, 1.807) is 23.0 Å². The molecule has 6 nitrogen and oxygen atoms in total. The predicted octanol–water partition coefficient (Wildman–Crippen LogP) is 2.42. The minimum Gasteiger partial charge on any atom is -0.311 e. The number of nitrogens with zero attached hydrogens (tertiary/aromatic N) is 2. The molecule has 1 amide bonds. The smallest absolute Gasteiger partial charge is 0.231 e. The van der Waals surface area contributed by atoms with Gasteiger partial charge in [0.2, 0.25) is 11.8 Å². The summed E-state index contributed by atoms with van der Waals surface area (Å²) in [6, 6.07) is 11.2. The molecule has 0 fully saturated rings. The highest BCUT2D eigenvalue weighted by atomic mass is 16.2. The first kappa shape index (κ1) is 13.1. The van der Waals surface area contributed by atoms with E-state index in [1.165, 1.54) is 0 Å². The van der Waals surface area contributed by atoms with Gasteiger partial charge in [0.15, 0.2) is 0 Å². The Bertz CT molecular complexity index is 774. The zero-order valence-corrected chi connectivity index (χ0v) is 11.2. The number of nitrogens with one attached hydrogen (secondary N) is 2. The number of anilines is 1. The molecule has 3 rings (SSSR count). The molecule has 0 aliphatic carbocycles. The van der Waals surface area contributed by atoms with Gasteiger partial charge in [-0.1, -0.05) is 18.2 Å². The fourth-order valence-electron chi connectivity index (χ4n) is 2.18. The number of hydrogen-bond donors (Lipinski definition) is 2. The highest BCUT2D eigenvalue weighted by molar-refractivity contribution is 5.96. The Morgan fingerprint density at radius 3 is 2.81 bits per heavy atom. The van der Waals surface area contributed by atoms with Crippen LogP contribution in [0.3, 0.4) is 0 Å². The second-order valence-corrected chi connectivity index (χ2v) is 4.66. The van der Waals surface area contributed by atoms with Gasteiger partial charge in [-0.15, -0.1) is 0 Å². The third-order valence-corrected chi connectivity index (χ3v) is 3.21. The number of fused-ring (bicyclic) bond motifs is 1. The number of H-pyrrole nitrogens is 1. The summed E-state index contributed by atoms with van der Waals surface area (Å²) in [6.45, 7) is 0. The second kappa shape index (κ2) is 5.62. The maximum Gasteiger partial charge on any atom is 0.231 e. The SMILES string of the molecule is O=C(CCC(=O)n1ccc2ccccc21)Nc1ccn[nH]1. The van der Waals surface area contributed by atoms with Gasteiger partial charge in [-0.05, 0) is 12.1 Å². The van der Waals surface area contributed by atoms with E-state index in [0.717, 1.165) is 10.9 Å². The van der Waals surface area contributed by atoms with Gasteiger partial charge in [0.25, 0.3) is 0 Å². The third kappa shape index (κ3) is 2.84. The van der Waals surface area contributed by atoms with Gasteiger partial charge in [-0.3, -0.25) is 19.3 Å². The lowest BCUT2D eigenvalue weighted by molar-refractivity contribution is -0.116. The number of rotatable bonds is 4. The highest BCUT2D eigenvalue weighted by Crippen LogP contribution is 2.15. The summed E-state index contributed by atoms with van der Waals surface area (Å²) in [5.41, 5.74) is 0.858. The average molecular weight is 282 g/mol. The molecule has 0 saturated heterocycles. The van der Waals surface area contributed by atoms with Crippen molar-refractivity contribution in [2.45, 2.75) is 12.8 Å². The fourth-order valence-corrected chi connectivity index (χ4v) is 2.18. The summed E-state index contributed by atoms with van der Waals surface area (Å²) < 4.78 is 1.58. The van der Waals surface area contributed by atoms with Gasteiger partial charge in [-0.2, -0.15) is 5.10 Å². The lowest BCUT2D eigenvalue weighted by atomic mass is 10.2. The maximum atomic E-state index is 12.2. The van der Waals surface area contributed by atoms with Crippen molar-refractivity contribution in [1.82, 2.24) is 14.8 Å². The van der Waals surface area contributed by atoms with Crippen molar-refractivity contribution in [1.29, 1.82) is 0 Å². The summed E-state index contributed by atoms with van der Waals surface area (Å²) in [5.74, 6) is 0.207. The molecule has 0 radical (unpaired) electrons. The van der Waals surface area contributed by atoms with E-state index in [2.05, 4.69) is 15.5 Å². The van der Waals surface area contributed by atoms with Gasteiger partial charge in [0, 0.05) is 30.5 Å². The Hall–Kier alpha value is -2.89. The molecule has 0 bridgehead atoms. The summed E-state index contributed by atoms with van der Waals surface area (Å²) in [6.07, 6.45) is 3.57. The summed E-state index contributed by atoms with van der Waals surface area (Å²) in [4.78, 5) is 23.9. The van der Waals surface area contributed by atoms with Crippen molar-refractivity contribution in [2.75, 3.05) is 5.32 Å². The Morgan fingerprint density at radius 2 is 2.00 bits per heavy atom. The van der Waals surface area contributed by atoms with Crippen LogP contribution in [0, 0.1) is 0 Å². The van der Waals surface area contributed by atoms with E-state index in [-0.39, 0.29) is 24.7 Å². The number of carbonyl (C=O) groups is 2. The molecule has 0 aliphatic rings. The van der Waals surface area contributed by atoms with E-state index in [1.807, 2.05) is 30.3 Å². The van der Waals surface area contributed by atoms with Crippen LogP contribution in [-0.2, 0) is 4.79 Å². The first-order valence-corrected chi connectivity index (χ1v) is 6.62. The van der Waals surface area contributed by atoms with Gasteiger partial charge in [-0.25, -0.2) is 0 Å².